The van der Waals surface area contributed by atoms with Crippen LogP contribution in [-0.4, -0.2) is 66.8 Å². The van der Waals surface area contributed by atoms with Crippen LogP contribution >= 0.6 is 0 Å². The van der Waals surface area contributed by atoms with Crippen LogP contribution < -0.4 is 10.6 Å². The van der Waals surface area contributed by atoms with E-state index >= 15 is 0 Å². The summed E-state index contributed by atoms with van der Waals surface area (Å²) in [6.07, 6.45) is 0. The van der Waals surface area contributed by atoms with Gasteiger partial charge >= 0.3 is 0 Å². The fourth-order valence-electron chi connectivity index (χ4n) is 2.54. The Balaban J connectivity index is 1.91. The highest BCUT2D eigenvalue weighted by Gasteiger charge is 2.21. The first-order chi connectivity index (χ1) is 12.0. The number of rotatable bonds is 4. The topological polar surface area (TPSA) is 77.0 Å². The van der Waals surface area contributed by atoms with Gasteiger partial charge < -0.3 is 20.4 Å². The molecule has 136 valence electrons. The summed E-state index contributed by atoms with van der Waals surface area (Å²) >= 11 is 0. The molecule has 2 amide bonds. The van der Waals surface area contributed by atoms with E-state index in [0.717, 1.165) is 0 Å². The highest BCUT2D eigenvalue weighted by Crippen LogP contribution is 2.08. The van der Waals surface area contributed by atoms with Gasteiger partial charge in [0.2, 0.25) is 11.8 Å². The maximum Gasteiger partial charge on any atom is 0.246 e. The molecule has 0 bridgehead atoms. The van der Waals surface area contributed by atoms with E-state index in [1.165, 1.54) is 24.3 Å². The van der Waals surface area contributed by atoms with E-state index in [4.69, 9.17) is 0 Å². The molecule has 1 aromatic rings. The maximum absolute atomic E-state index is 12.9. The van der Waals surface area contributed by atoms with Crippen molar-refractivity contribution in [2.45, 2.75) is 13.8 Å². The van der Waals surface area contributed by atoms with Crippen LogP contribution in [0.25, 0.3) is 0 Å². The van der Waals surface area contributed by atoms with E-state index < -0.39 is 0 Å². The molecule has 0 radical (unpaired) electrons. The molecule has 1 heterocycles. The Hall–Kier alpha value is -2.64. The summed E-state index contributed by atoms with van der Waals surface area (Å²) in [4.78, 5) is 31.6. The first-order valence-electron chi connectivity index (χ1n) is 8.33. The van der Waals surface area contributed by atoms with E-state index in [0.29, 0.717) is 44.4 Å². The third-order valence-corrected chi connectivity index (χ3v) is 3.86. The van der Waals surface area contributed by atoms with Crippen LogP contribution in [0.5, 0.6) is 0 Å². The number of carbonyl (C=O) groups excluding carboxylic acids is 2. The van der Waals surface area contributed by atoms with Gasteiger partial charge in [-0.25, -0.2) is 9.38 Å². The standard InChI is InChI=1S/C17H24FN5O2/c1-3-19-17(23-10-8-22(9-11-23)13(2)24)20-12-16(25)21-15-6-4-14(18)5-7-15/h4-7H,3,8-12H2,1-2H3,(H,19,20)(H,21,25). The van der Waals surface area contributed by atoms with Gasteiger partial charge in [-0.3, -0.25) is 9.59 Å². The normalized spacial score (nSPS) is 15.1. The maximum atomic E-state index is 12.9. The Morgan fingerprint density at radius 1 is 1.12 bits per heavy atom. The Labute approximate surface area is 146 Å². The average Bonchev–Trinajstić information content (AvgIpc) is 2.60. The number of hydrogen-bond donors (Lipinski definition) is 2. The van der Waals surface area contributed by atoms with Gasteiger partial charge in [-0.05, 0) is 31.2 Å². The second-order valence-corrected chi connectivity index (χ2v) is 5.72. The molecule has 0 saturated carbocycles. The molecule has 25 heavy (non-hydrogen) atoms. The van der Waals surface area contributed by atoms with Crippen LogP contribution in [0.4, 0.5) is 10.1 Å². The number of carbonyl (C=O) groups is 2. The molecule has 1 aliphatic heterocycles. The van der Waals surface area contributed by atoms with E-state index in [-0.39, 0.29) is 24.2 Å². The molecular weight excluding hydrogens is 325 g/mol. The molecule has 2 rings (SSSR count). The monoisotopic (exact) mass is 349 g/mol. The zero-order valence-electron chi connectivity index (χ0n) is 14.6. The van der Waals surface area contributed by atoms with E-state index in [2.05, 4.69) is 15.6 Å². The van der Waals surface area contributed by atoms with Crippen molar-refractivity contribution >= 4 is 23.5 Å². The number of nitrogens with zero attached hydrogens (tertiary/aromatic N) is 3. The predicted molar refractivity (Wildman–Crippen MR) is 94.8 cm³/mol. The fourth-order valence-corrected chi connectivity index (χ4v) is 2.54. The van der Waals surface area contributed by atoms with Crippen molar-refractivity contribution in [1.82, 2.24) is 15.1 Å². The van der Waals surface area contributed by atoms with Crippen molar-refractivity contribution in [2.75, 3.05) is 44.6 Å². The first-order valence-corrected chi connectivity index (χ1v) is 8.33. The van der Waals surface area contributed by atoms with Gasteiger partial charge in [0.05, 0.1) is 0 Å². The van der Waals surface area contributed by atoms with Crippen LogP contribution in [0, 0.1) is 5.82 Å². The van der Waals surface area contributed by atoms with Gasteiger partial charge in [-0.2, -0.15) is 0 Å². The van der Waals surface area contributed by atoms with E-state index in [9.17, 15) is 14.0 Å². The molecule has 7 nitrogen and oxygen atoms in total. The minimum Gasteiger partial charge on any atom is -0.357 e. The third-order valence-electron chi connectivity index (χ3n) is 3.86. The van der Waals surface area contributed by atoms with Gasteiger partial charge in [0, 0.05) is 45.3 Å². The van der Waals surface area contributed by atoms with Crippen molar-refractivity contribution in [3.8, 4) is 0 Å². The molecule has 1 aliphatic rings. The summed E-state index contributed by atoms with van der Waals surface area (Å²) < 4.78 is 12.9. The zero-order chi connectivity index (χ0) is 18.2. The number of halogens is 1. The molecule has 8 heteroatoms. The fraction of sp³-hybridized carbons (Fsp3) is 0.471. The highest BCUT2D eigenvalue weighted by atomic mass is 19.1. The molecule has 0 spiro atoms. The molecule has 2 N–H and O–H groups in total. The minimum absolute atomic E-state index is 0.0351. The SMILES string of the molecule is CCNC(=NCC(=O)Nc1ccc(F)cc1)N1CCN(C(C)=O)CC1. The number of nitrogens with one attached hydrogen (secondary N) is 2. The van der Waals surface area contributed by atoms with Gasteiger partial charge in [0.25, 0.3) is 0 Å². The number of guanidine groups is 1. The lowest BCUT2D eigenvalue weighted by Gasteiger charge is -2.36. The van der Waals surface area contributed by atoms with Gasteiger partial charge in [-0.1, -0.05) is 0 Å². The zero-order valence-corrected chi connectivity index (χ0v) is 14.6. The van der Waals surface area contributed by atoms with Crippen molar-refractivity contribution in [3.63, 3.8) is 0 Å². The Morgan fingerprint density at radius 3 is 2.28 bits per heavy atom. The summed E-state index contributed by atoms with van der Waals surface area (Å²) in [5.41, 5.74) is 0.529. The lowest BCUT2D eigenvalue weighted by molar-refractivity contribution is -0.130. The van der Waals surface area contributed by atoms with Crippen molar-refractivity contribution in [2.24, 2.45) is 4.99 Å². The van der Waals surface area contributed by atoms with Gasteiger partial charge in [0.15, 0.2) is 5.96 Å². The first kappa shape index (κ1) is 18.7. The van der Waals surface area contributed by atoms with Crippen LogP contribution in [-0.2, 0) is 9.59 Å². The molecular formula is C17H24FN5O2. The second-order valence-electron chi connectivity index (χ2n) is 5.72. The predicted octanol–water partition coefficient (Wildman–Crippen LogP) is 0.894. The summed E-state index contributed by atoms with van der Waals surface area (Å²) in [6, 6.07) is 5.58. The number of hydrogen-bond acceptors (Lipinski definition) is 3. The Bertz CT molecular complexity index is 624. The minimum atomic E-state index is -0.352. The summed E-state index contributed by atoms with van der Waals surface area (Å²) in [6.45, 7) is 6.80. The smallest absolute Gasteiger partial charge is 0.246 e. The molecule has 1 fully saturated rings. The highest BCUT2D eigenvalue weighted by molar-refractivity contribution is 5.94. The summed E-state index contributed by atoms with van der Waals surface area (Å²) in [7, 11) is 0. The number of anilines is 1. The molecule has 0 unspecified atom stereocenters. The average molecular weight is 349 g/mol. The molecule has 0 aromatic heterocycles. The van der Waals surface area contributed by atoms with Gasteiger partial charge in [-0.15, -0.1) is 0 Å². The van der Waals surface area contributed by atoms with Crippen molar-refractivity contribution in [1.29, 1.82) is 0 Å². The Morgan fingerprint density at radius 2 is 1.72 bits per heavy atom. The summed E-state index contributed by atoms with van der Waals surface area (Å²) in [5, 5.41) is 5.85. The lowest BCUT2D eigenvalue weighted by Crippen LogP contribution is -2.53. The van der Waals surface area contributed by atoms with Crippen molar-refractivity contribution in [3.05, 3.63) is 30.1 Å². The van der Waals surface area contributed by atoms with E-state index in [1.54, 1.807) is 11.8 Å². The number of piperazine rings is 1. The molecule has 0 aliphatic carbocycles. The van der Waals surface area contributed by atoms with E-state index in [1.807, 2.05) is 11.8 Å². The van der Waals surface area contributed by atoms with Crippen molar-refractivity contribution < 1.29 is 14.0 Å². The third kappa shape index (κ3) is 5.74. The van der Waals surface area contributed by atoms with Crippen LogP contribution in [0.3, 0.4) is 0 Å². The number of benzene rings is 1. The quantitative estimate of drug-likeness (QED) is 0.625. The Kier molecular flexibility index (Phi) is 6.73. The molecule has 1 saturated heterocycles. The van der Waals surface area contributed by atoms with Crippen LogP contribution in [0.15, 0.2) is 29.3 Å². The van der Waals surface area contributed by atoms with Crippen LogP contribution in [0.2, 0.25) is 0 Å². The lowest BCUT2D eigenvalue weighted by atomic mass is 10.3. The van der Waals surface area contributed by atoms with Crippen LogP contribution in [0.1, 0.15) is 13.8 Å². The number of aliphatic imine (C=N–C) groups is 1. The second kappa shape index (κ2) is 9.00. The summed E-state index contributed by atoms with van der Waals surface area (Å²) in [5.74, 6) is 0.0970. The molecule has 0 atom stereocenters. The van der Waals surface area contributed by atoms with Gasteiger partial charge in [0.1, 0.15) is 12.4 Å². The largest absolute Gasteiger partial charge is 0.357 e. The molecule has 1 aromatic carbocycles. The number of amides is 2.